The van der Waals surface area contributed by atoms with Crippen LogP contribution in [0.1, 0.15) is 62.9 Å². The standard InChI is InChI=1S/C47H29N7O3.C44H24N6O2.C21H15N3.C14H10N2/c55-45(48-21-22-49-46(56)28-15-19-35-37(23-28)53-43-33-11-3-7-25-5-1-9-31(39(25)33)41(43)51-35)27-13-17-30(18-14-27)50-47(57)29-16-20-36-38(24-29)54-44-34-12-4-8-26-6-2-10-32(40(26)34)42(44)52-36;51-43(25-13-19-33-35(21-25)49-41-31-11-3-7-23-5-1-9-29(37(23)31)39(41)47-33)45-27-15-17-28(18-16-27)46-44(52)26-14-20-34-36(22-26)50-42-32-12-4-8-24-6-2-10-30(38(24)32)40(42)48-34;1-4-10-16(11-5-1)19-22-20(17-12-6-2-7-13-17)24-21(23-19)18-14-8-3-9-15-18;1-3-9-4-2-6-11-12(9)10(5-1)13-14(11)16-8-7-15-13/h1-20,23-24H,21-22H2,(H,48,55)(H,49,56)(H,50,57);1-22H,(H,45,51)(H,46,52);1-15H;1-6H,7-8H2. The van der Waals surface area contributed by atoms with Crippen molar-refractivity contribution in [2.24, 2.45) is 9.98 Å². The Morgan fingerprint density at radius 1 is 0.195 bits per heavy atom. The average Bonchev–Trinajstić information content (AvgIpc) is 1.56. The zero-order valence-corrected chi connectivity index (χ0v) is 79.2. The maximum absolute atomic E-state index is 13.3. The maximum atomic E-state index is 13.3. The molecule has 5 N–H and O–H groups in total. The first-order valence-electron chi connectivity index (χ1n) is 49.0. The lowest BCUT2D eigenvalue weighted by Gasteiger charge is -2.10. The van der Waals surface area contributed by atoms with Gasteiger partial charge in [0, 0.05) is 157 Å². The van der Waals surface area contributed by atoms with Gasteiger partial charge >= 0.3 is 0 Å². The molecule has 149 heavy (non-hydrogen) atoms. The first-order valence-corrected chi connectivity index (χ1v) is 49.0. The van der Waals surface area contributed by atoms with Crippen molar-refractivity contribution in [3.8, 4) is 124 Å². The lowest BCUT2D eigenvalue weighted by Crippen LogP contribution is -2.34. The number of carbonyl (C=O) groups excluding carboxylic acids is 5. The highest BCUT2D eigenvalue weighted by Crippen LogP contribution is 2.51. The zero-order valence-electron chi connectivity index (χ0n) is 79.2. The summed E-state index contributed by atoms with van der Waals surface area (Å²) >= 11 is 0. The van der Waals surface area contributed by atoms with Gasteiger partial charge in [-0.1, -0.05) is 273 Å². The lowest BCUT2D eigenvalue weighted by molar-refractivity contribution is 0.0928. The summed E-state index contributed by atoms with van der Waals surface area (Å²) in [7, 11) is 0. The minimum Gasteiger partial charge on any atom is -0.350 e. The summed E-state index contributed by atoms with van der Waals surface area (Å²) in [6, 6.07) is 127. The van der Waals surface area contributed by atoms with Crippen molar-refractivity contribution in [2.45, 2.75) is 0 Å². The largest absolute Gasteiger partial charge is 0.350 e. The topological polar surface area (TPSA) is 312 Å². The Kier molecular flexibility index (Phi) is 21.3. The number of hydrogen-bond acceptors (Lipinski definition) is 18. The third-order valence-electron chi connectivity index (χ3n) is 27.9. The highest BCUT2D eigenvalue weighted by molar-refractivity contribution is 6.61. The van der Waals surface area contributed by atoms with Crippen LogP contribution < -0.4 is 26.6 Å². The van der Waals surface area contributed by atoms with Crippen LogP contribution in [0.2, 0.25) is 0 Å². The van der Waals surface area contributed by atoms with Gasteiger partial charge in [0.15, 0.2) is 17.5 Å². The van der Waals surface area contributed by atoms with E-state index in [1.54, 1.807) is 97.1 Å². The van der Waals surface area contributed by atoms with E-state index < -0.39 is 0 Å². The van der Waals surface area contributed by atoms with Crippen molar-refractivity contribution in [3.63, 3.8) is 0 Å². The number of anilines is 3. The Bertz CT molecular complexity index is 9520. The molecular weight excluding hydrogens is 1850 g/mol. The zero-order chi connectivity index (χ0) is 99.4. The molecule has 5 aliphatic carbocycles. The van der Waals surface area contributed by atoms with E-state index >= 15 is 0 Å². The number of benzene rings is 19. The third-order valence-corrected chi connectivity index (χ3v) is 27.9. The Morgan fingerprint density at radius 3 is 0.671 bits per heavy atom. The number of carbonyl (C=O) groups is 5. The van der Waals surface area contributed by atoms with Gasteiger partial charge in [-0.3, -0.25) is 34.0 Å². The summed E-state index contributed by atoms with van der Waals surface area (Å²) in [5.41, 5.74) is 32.3. The van der Waals surface area contributed by atoms with Gasteiger partial charge < -0.3 is 26.6 Å². The number of rotatable bonds is 14. The first-order chi connectivity index (χ1) is 73.4. The van der Waals surface area contributed by atoms with Crippen LogP contribution in [0.4, 0.5) is 17.1 Å². The van der Waals surface area contributed by atoms with Crippen LogP contribution in [-0.4, -0.2) is 122 Å². The van der Waals surface area contributed by atoms with Crippen LogP contribution in [0.5, 0.6) is 0 Å². The number of fused-ring (bicyclic) bond motifs is 19. The minimum absolute atomic E-state index is 0.224. The van der Waals surface area contributed by atoms with E-state index in [9.17, 15) is 24.0 Å². The first kappa shape index (κ1) is 87.5. The predicted octanol–water partition coefficient (Wildman–Crippen LogP) is 25.6. The molecule has 23 nitrogen and oxygen atoms in total. The molecule has 1 aliphatic heterocycles. The number of aliphatic imine (C=N–C) groups is 2. The monoisotopic (exact) mass is 1920 g/mol. The second kappa shape index (κ2) is 36.2. The van der Waals surface area contributed by atoms with Gasteiger partial charge in [-0.05, 0) is 148 Å². The SMILES string of the molecule is O=C(NCCNC(=O)c1ccc2nc3c(nc2c1)-c1cccc2cccc-3c12)c1ccc(NC(=O)c2ccc3nc4c(nc3c2)-c2cccc3cccc-4c23)cc1.O=C(Nc1ccc(NC(=O)c2ccc3nc4c(nc3c2)-c2cccc3cccc-4c23)cc1)c1ccc2nc3c(nc2c1)-c1cccc2cccc-3c12.c1cc2c3c(cccc3c1)C1=NCCN=C12.c1ccc(-c2nc(-c3ccccc3)nc(-c3ccccc3)n2)cc1. The molecule has 5 aromatic heterocycles. The molecule has 0 saturated heterocycles. The normalized spacial score (nSPS) is 12.2. The van der Waals surface area contributed by atoms with Crippen LogP contribution in [0.15, 0.2) is 404 Å². The molecule has 0 radical (unpaired) electrons. The Balaban J connectivity index is 0.000000108. The molecule has 23 heteroatoms. The number of nitrogens with one attached hydrogen (secondary N) is 5. The van der Waals surface area contributed by atoms with Gasteiger partial charge in [-0.25, -0.2) is 54.8 Å². The van der Waals surface area contributed by atoms with Crippen molar-refractivity contribution < 1.29 is 24.0 Å². The van der Waals surface area contributed by atoms with Crippen molar-refractivity contribution >= 4 is 156 Å². The quantitative estimate of drug-likeness (QED) is 0.0632. The van der Waals surface area contributed by atoms with E-state index in [1.807, 2.05) is 164 Å². The van der Waals surface area contributed by atoms with Gasteiger partial charge in [0.05, 0.1) is 114 Å². The molecule has 24 aromatic rings. The number of aromatic nitrogens is 11. The van der Waals surface area contributed by atoms with E-state index in [0.29, 0.717) is 95.5 Å². The van der Waals surface area contributed by atoms with Gasteiger partial charge in [0.2, 0.25) is 0 Å². The maximum Gasteiger partial charge on any atom is 0.255 e. The molecule has 0 bridgehead atoms. The molecule has 0 saturated carbocycles. The molecule has 0 spiro atoms. The molecule has 0 unspecified atom stereocenters. The van der Waals surface area contributed by atoms with Crippen LogP contribution in [0.25, 0.3) is 222 Å². The number of amides is 5. The van der Waals surface area contributed by atoms with Crippen molar-refractivity contribution in [3.05, 3.63) is 433 Å². The smallest absolute Gasteiger partial charge is 0.255 e. The van der Waals surface area contributed by atoms with Crippen LogP contribution >= 0.6 is 0 Å². The summed E-state index contributed by atoms with van der Waals surface area (Å²) in [5.74, 6) is 0.637. The van der Waals surface area contributed by atoms with Gasteiger partial charge in [0.1, 0.15) is 0 Å². The molecule has 6 aliphatic rings. The van der Waals surface area contributed by atoms with E-state index in [2.05, 4.69) is 185 Å². The number of hydrogen-bond donors (Lipinski definition) is 5. The summed E-state index contributed by atoms with van der Waals surface area (Å²) in [4.78, 5) is 129. The van der Waals surface area contributed by atoms with Crippen LogP contribution in [0.3, 0.4) is 0 Å². The van der Waals surface area contributed by atoms with Gasteiger partial charge in [0.25, 0.3) is 29.5 Å². The summed E-state index contributed by atoms with van der Waals surface area (Å²) in [6.45, 7) is 2.10. The molecule has 0 atom stereocenters. The predicted molar refractivity (Wildman–Crippen MR) is 590 cm³/mol. The minimum atomic E-state index is -0.303. The summed E-state index contributed by atoms with van der Waals surface area (Å²) in [6.07, 6.45) is 0. The van der Waals surface area contributed by atoms with E-state index in [-0.39, 0.29) is 42.6 Å². The van der Waals surface area contributed by atoms with Crippen molar-refractivity contribution in [2.75, 3.05) is 42.1 Å². The van der Waals surface area contributed by atoms with Crippen LogP contribution in [-0.2, 0) is 0 Å². The molecular formula is C126H78N18O5. The number of nitrogens with zero attached hydrogens (tertiary/aromatic N) is 13. The fourth-order valence-electron chi connectivity index (χ4n) is 20.9. The molecule has 702 valence electrons. The summed E-state index contributed by atoms with van der Waals surface area (Å²) in [5, 5.41) is 26.4. The lowest BCUT2D eigenvalue weighted by atomic mass is 10.0. The Labute approximate surface area is 849 Å². The van der Waals surface area contributed by atoms with E-state index in [4.69, 9.17) is 39.9 Å². The fraction of sp³-hybridized carbons (Fsp3) is 0.0317. The molecule has 30 rings (SSSR count). The van der Waals surface area contributed by atoms with Gasteiger partial charge in [-0.2, -0.15) is 0 Å². The Morgan fingerprint density at radius 2 is 0.409 bits per heavy atom. The van der Waals surface area contributed by atoms with Crippen molar-refractivity contribution in [1.29, 1.82) is 0 Å². The second-order valence-corrected chi connectivity index (χ2v) is 36.9. The highest BCUT2D eigenvalue weighted by Gasteiger charge is 2.33. The second-order valence-electron chi connectivity index (χ2n) is 36.9. The van der Waals surface area contributed by atoms with Crippen LogP contribution in [0, 0.1) is 0 Å². The molecule has 6 heterocycles. The third kappa shape index (κ3) is 15.7. The Hall–Kier alpha value is -20.5. The highest BCUT2D eigenvalue weighted by atomic mass is 16.2. The van der Waals surface area contributed by atoms with E-state index in [0.717, 1.165) is 185 Å². The molecule has 19 aromatic carbocycles. The molecule has 5 amide bonds. The summed E-state index contributed by atoms with van der Waals surface area (Å²) < 4.78 is 0. The fourth-order valence-corrected chi connectivity index (χ4v) is 20.9. The molecule has 0 fully saturated rings. The van der Waals surface area contributed by atoms with Crippen molar-refractivity contribution in [1.82, 2.24) is 65.5 Å². The average molecular weight is 1920 g/mol. The van der Waals surface area contributed by atoms with Gasteiger partial charge in [-0.15, -0.1) is 0 Å². The van der Waals surface area contributed by atoms with E-state index in [1.165, 1.54) is 21.9 Å².